The zero-order chi connectivity index (χ0) is 19.3. The number of hydrogen-bond acceptors (Lipinski definition) is 9. The van der Waals surface area contributed by atoms with Gasteiger partial charge in [-0.3, -0.25) is 18.9 Å². The van der Waals surface area contributed by atoms with Crippen molar-refractivity contribution in [3.05, 3.63) is 33.1 Å². The van der Waals surface area contributed by atoms with Crippen molar-refractivity contribution in [3.63, 3.8) is 0 Å². The Labute approximate surface area is 149 Å². The maximum Gasteiger partial charge on any atom is 0.356 e. The largest absolute Gasteiger partial charge is 0.385 e. The Morgan fingerprint density at radius 1 is 1.31 bits per heavy atom. The fourth-order valence-corrected chi connectivity index (χ4v) is 3.87. The lowest BCUT2D eigenvalue weighted by Gasteiger charge is -2.21. The summed E-state index contributed by atoms with van der Waals surface area (Å²) in [6.45, 7) is 3.63. The number of aromatic nitrogens is 2. The lowest BCUT2D eigenvalue weighted by molar-refractivity contribution is -0.169. The smallest absolute Gasteiger partial charge is 0.356 e. The highest BCUT2D eigenvalue weighted by molar-refractivity contribution is 7.53. The van der Waals surface area contributed by atoms with Crippen LogP contribution < -0.4 is 11.2 Å². The highest BCUT2D eigenvalue weighted by atomic mass is 31.2. The van der Waals surface area contributed by atoms with E-state index < -0.39 is 49.9 Å². The lowest BCUT2D eigenvalue weighted by Crippen LogP contribution is -2.38. The summed E-state index contributed by atoms with van der Waals surface area (Å²) in [5.41, 5.74) is -1.30. The van der Waals surface area contributed by atoms with Gasteiger partial charge >= 0.3 is 13.3 Å². The van der Waals surface area contributed by atoms with E-state index in [2.05, 4.69) is 4.98 Å². The molecular weight excluding hydrogens is 371 g/mol. The van der Waals surface area contributed by atoms with Gasteiger partial charge in [0.15, 0.2) is 18.9 Å². The summed E-state index contributed by atoms with van der Waals surface area (Å²) in [5.74, 6) is 0. The van der Waals surface area contributed by atoms with Gasteiger partial charge in [-0.2, -0.15) is 0 Å². The van der Waals surface area contributed by atoms with E-state index in [-0.39, 0.29) is 13.2 Å². The minimum Gasteiger partial charge on any atom is -0.385 e. The van der Waals surface area contributed by atoms with Gasteiger partial charge in [-0.25, -0.2) is 4.79 Å². The Kier molecular flexibility index (Phi) is 7.30. The maximum atomic E-state index is 12.4. The Bertz CT molecular complexity index is 738. The van der Waals surface area contributed by atoms with Crippen molar-refractivity contribution in [2.45, 2.75) is 38.6 Å². The number of ether oxygens (including phenoxy) is 3. The first-order valence-electron chi connectivity index (χ1n) is 8.02. The maximum absolute atomic E-state index is 12.4. The number of aliphatic hydroxyl groups excluding tert-OH is 1. The van der Waals surface area contributed by atoms with Crippen molar-refractivity contribution >= 4 is 7.60 Å². The minimum atomic E-state index is -3.50. The highest BCUT2D eigenvalue weighted by Gasteiger charge is 2.47. The van der Waals surface area contributed by atoms with Crippen LogP contribution in [0.1, 0.15) is 20.1 Å². The molecule has 2 heterocycles. The lowest BCUT2D eigenvalue weighted by atomic mass is 10.2. The van der Waals surface area contributed by atoms with Gasteiger partial charge in [0, 0.05) is 19.4 Å². The predicted octanol–water partition coefficient (Wildman–Crippen LogP) is 0.00760. The van der Waals surface area contributed by atoms with Crippen molar-refractivity contribution < 1.29 is 32.9 Å². The molecule has 2 rings (SSSR count). The molecule has 1 aromatic heterocycles. The molecule has 1 aromatic rings. The number of methoxy groups -OCH3 is 1. The van der Waals surface area contributed by atoms with Gasteiger partial charge in [0.05, 0.1) is 13.2 Å². The average Bonchev–Trinajstić information content (AvgIpc) is 2.89. The van der Waals surface area contributed by atoms with Crippen LogP contribution in [-0.2, 0) is 27.8 Å². The quantitative estimate of drug-likeness (QED) is 0.555. The van der Waals surface area contributed by atoms with Crippen LogP contribution in [0.5, 0.6) is 0 Å². The van der Waals surface area contributed by atoms with Crippen LogP contribution in [0.2, 0.25) is 0 Å². The highest BCUT2D eigenvalue weighted by Crippen LogP contribution is 2.48. The normalized spacial score (nSPS) is 26.3. The summed E-state index contributed by atoms with van der Waals surface area (Å²) in [7, 11) is -2.18. The number of aliphatic hydroxyl groups is 1. The first-order chi connectivity index (χ1) is 12.3. The SMILES string of the molecule is CCOP(=O)(CO[C@H]1O[C@@H](n2ccc(=O)[nH]c2=O)[C@H](OC)[C@@H]1O)OCC. The van der Waals surface area contributed by atoms with Crippen molar-refractivity contribution in [1.82, 2.24) is 9.55 Å². The number of rotatable bonds is 9. The van der Waals surface area contributed by atoms with E-state index >= 15 is 0 Å². The van der Waals surface area contributed by atoms with Gasteiger partial charge < -0.3 is 28.4 Å². The Morgan fingerprint density at radius 3 is 2.50 bits per heavy atom. The van der Waals surface area contributed by atoms with E-state index in [4.69, 9.17) is 23.3 Å². The van der Waals surface area contributed by atoms with Gasteiger partial charge in [-0.05, 0) is 13.8 Å². The van der Waals surface area contributed by atoms with Crippen LogP contribution in [0.4, 0.5) is 0 Å². The van der Waals surface area contributed by atoms with E-state index in [1.165, 1.54) is 13.3 Å². The monoisotopic (exact) mass is 394 g/mol. The number of aromatic amines is 1. The van der Waals surface area contributed by atoms with Crippen molar-refractivity contribution in [2.75, 3.05) is 26.7 Å². The molecule has 0 unspecified atom stereocenters. The van der Waals surface area contributed by atoms with Crippen LogP contribution in [0.3, 0.4) is 0 Å². The van der Waals surface area contributed by atoms with Crippen LogP contribution in [0.25, 0.3) is 0 Å². The van der Waals surface area contributed by atoms with Crippen molar-refractivity contribution in [1.29, 1.82) is 0 Å². The fourth-order valence-electron chi connectivity index (χ4n) is 2.53. The van der Waals surface area contributed by atoms with Gasteiger partial charge in [0.25, 0.3) is 5.56 Å². The molecule has 0 aliphatic carbocycles. The molecule has 1 aliphatic heterocycles. The molecule has 4 atom stereocenters. The zero-order valence-corrected chi connectivity index (χ0v) is 15.6. The number of hydrogen-bond donors (Lipinski definition) is 2. The summed E-state index contributed by atoms with van der Waals surface area (Å²) in [6, 6.07) is 1.14. The van der Waals surface area contributed by atoms with Crippen LogP contribution in [0, 0.1) is 0 Å². The Balaban J connectivity index is 2.15. The van der Waals surface area contributed by atoms with Crippen LogP contribution in [-0.4, -0.2) is 59.8 Å². The number of nitrogens with zero attached hydrogens (tertiary/aromatic N) is 1. The molecule has 0 amide bonds. The van der Waals surface area contributed by atoms with E-state index in [9.17, 15) is 19.3 Å². The van der Waals surface area contributed by atoms with E-state index in [0.717, 1.165) is 10.6 Å². The second-order valence-electron chi connectivity index (χ2n) is 5.35. The molecule has 0 bridgehead atoms. The predicted molar refractivity (Wildman–Crippen MR) is 88.8 cm³/mol. The van der Waals surface area contributed by atoms with Gasteiger partial charge in [-0.1, -0.05) is 0 Å². The second kappa shape index (κ2) is 9.05. The first-order valence-corrected chi connectivity index (χ1v) is 9.75. The minimum absolute atomic E-state index is 0.158. The third-order valence-electron chi connectivity index (χ3n) is 3.62. The molecule has 2 N–H and O–H groups in total. The standard InChI is InChI=1S/C14H23N2O9P/c1-4-23-26(20,24-5-2)8-22-13-10(18)11(21-3)12(25-13)16-7-6-9(17)15-14(16)19/h6-7,10-13,18H,4-5,8H2,1-3H3,(H,15,17,19)/t10-,11+,12+,13-/m0/s1. The van der Waals surface area contributed by atoms with Crippen LogP contribution >= 0.6 is 7.60 Å². The first kappa shape index (κ1) is 21.0. The molecule has 1 aliphatic rings. The fraction of sp³-hybridized carbons (Fsp3) is 0.714. The summed E-state index contributed by atoms with van der Waals surface area (Å²) in [5, 5.41) is 10.3. The van der Waals surface area contributed by atoms with Crippen LogP contribution in [0.15, 0.2) is 21.9 Å². The van der Waals surface area contributed by atoms with Gasteiger partial charge in [-0.15, -0.1) is 0 Å². The molecule has 26 heavy (non-hydrogen) atoms. The van der Waals surface area contributed by atoms with E-state index in [1.807, 2.05) is 0 Å². The second-order valence-corrected chi connectivity index (χ2v) is 7.34. The summed E-state index contributed by atoms with van der Waals surface area (Å²) < 4.78 is 39.8. The molecule has 0 saturated carbocycles. The summed E-state index contributed by atoms with van der Waals surface area (Å²) in [6.07, 6.45) is -3.75. The molecule has 12 heteroatoms. The molecular formula is C14H23N2O9P. The molecule has 1 saturated heterocycles. The molecule has 0 spiro atoms. The molecule has 1 fully saturated rings. The Morgan fingerprint density at radius 2 is 1.96 bits per heavy atom. The molecule has 0 aromatic carbocycles. The van der Waals surface area contributed by atoms with Gasteiger partial charge in [0.1, 0.15) is 12.2 Å². The third kappa shape index (κ3) is 4.68. The third-order valence-corrected chi connectivity index (χ3v) is 5.38. The summed E-state index contributed by atoms with van der Waals surface area (Å²) in [4.78, 5) is 25.2. The topological polar surface area (TPSA) is 138 Å². The van der Waals surface area contributed by atoms with E-state index in [0.29, 0.717) is 0 Å². The molecule has 0 radical (unpaired) electrons. The summed E-state index contributed by atoms with van der Waals surface area (Å²) >= 11 is 0. The Hall–Kier alpha value is -1.33. The molecule has 148 valence electrons. The van der Waals surface area contributed by atoms with Gasteiger partial charge in [0.2, 0.25) is 0 Å². The average molecular weight is 394 g/mol. The van der Waals surface area contributed by atoms with Crippen molar-refractivity contribution in [3.8, 4) is 0 Å². The number of H-pyrrole nitrogens is 1. The molecule has 11 nitrogen and oxygen atoms in total. The van der Waals surface area contributed by atoms with Crippen molar-refractivity contribution in [2.24, 2.45) is 0 Å². The zero-order valence-electron chi connectivity index (χ0n) is 14.7. The number of nitrogens with one attached hydrogen (secondary N) is 1. The van der Waals surface area contributed by atoms with E-state index in [1.54, 1.807) is 13.8 Å².